The van der Waals surface area contributed by atoms with E-state index < -0.39 is 0 Å². The van der Waals surface area contributed by atoms with Crippen LogP contribution in [0.3, 0.4) is 0 Å². The smallest absolute Gasteiger partial charge is 0.234 e. The molecule has 0 radical (unpaired) electrons. The van der Waals surface area contributed by atoms with Gasteiger partial charge in [0.25, 0.3) is 0 Å². The lowest BCUT2D eigenvalue weighted by Crippen LogP contribution is -2.42. The van der Waals surface area contributed by atoms with E-state index in [1.165, 1.54) is 0 Å². The lowest BCUT2D eigenvalue weighted by atomic mass is 10.2. The van der Waals surface area contributed by atoms with E-state index in [4.69, 9.17) is 15.2 Å². The Morgan fingerprint density at radius 1 is 1.73 bits per heavy atom. The van der Waals surface area contributed by atoms with Crippen LogP contribution in [0.2, 0.25) is 0 Å². The fourth-order valence-electron chi connectivity index (χ4n) is 1.59. The SMILES string of the molecule is CCNC(CCOC1CCOC1)C(N)=O. The summed E-state index contributed by atoms with van der Waals surface area (Å²) >= 11 is 0. The summed E-state index contributed by atoms with van der Waals surface area (Å²) in [6.07, 6.45) is 1.77. The zero-order chi connectivity index (χ0) is 11.1. The van der Waals surface area contributed by atoms with E-state index in [-0.39, 0.29) is 18.1 Å². The first-order valence-corrected chi connectivity index (χ1v) is 5.46. The Balaban J connectivity index is 2.12. The second kappa shape index (κ2) is 6.76. The van der Waals surface area contributed by atoms with Crippen LogP contribution < -0.4 is 11.1 Å². The van der Waals surface area contributed by atoms with Crippen LogP contribution >= 0.6 is 0 Å². The number of nitrogens with one attached hydrogen (secondary N) is 1. The number of hydrogen-bond donors (Lipinski definition) is 2. The Morgan fingerprint density at radius 3 is 3.07 bits per heavy atom. The summed E-state index contributed by atoms with van der Waals surface area (Å²) < 4.78 is 10.7. The molecule has 0 bridgehead atoms. The monoisotopic (exact) mass is 216 g/mol. The van der Waals surface area contributed by atoms with Crippen molar-refractivity contribution < 1.29 is 14.3 Å². The number of ether oxygens (including phenoxy) is 2. The lowest BCUT2D eigenvalue weighted by molar-refractivity contribution is -0.120. The van der Waals surface area contributed by atoms with Crippen LogP contribution in [0, 0.1) is 0 Å². The summed E-state index contributed by atoms with van der Waals surface area (Å²) in [7, 11) is 0. The third kappa shape index (κ3) is 4.59. The van der Waals surface area contributed by atoms with Gasteiger partial charge in [-0.05, 0) is 19.4 Å². The van der Waals surface area contributed by atoms with Crippen molar-refractivity contribution in [1.29, 1.82) is 0 Å². The molecule has 5 nitrogen and oxygen atoms in total. The first-order chi connectivity index (χ1) is 7.24. The molecule has 1 saturated heterocycles. The number of nitrogens with two attached hydrogens (primary N) is 1. The molecule has 3 N–H and O–H groups in total. The molecule has 1 heterocycles. The highest BCUT2D eigenvalue weighted by atomic mass is 16.5. The molecular formula is C10H20N2O3. The zero-order valence-corrected chi connectivity index (χ0v) is 9.20. The van der Waals surface area contributed by atoms with Crippen molar-refractivity contribution in [1.82, 2.24) is 5.32 Å². The molecule has 1 fully saturated rings. The van der Waals surface area contributed by atoms with Crippen LogP contribution in [0.25, 0.3) is 0 Å². The predicted octanol–water partition coefficient (Wildman–Crippen LogP) is -0.355. The first kappa shape index (κ1) is 12.4. The zero-order valence-electron chi connectivity index (χ0n) is 9.20. The van der Waals surface area contributed by atoms with Crippen molar-refractivity contribution in [2.45, 2.75) is 31.9 Å². The van der Waals surface area contributed by atoms with E-state index in [1.54, 1.807) is 0 Å². The van der Waals surface area contributed by atoms with Crippen molar-refractivity contribution in [2.24, 2.45) is 5.73 Å². The van der Waals surface area contributed by atoms with Gasteiger partial charge < -0.3 is 20.5 Å². The molecule has 15 heavy (non-hydrogen) atoms. The van der Waals surface area contributed by atoms with E-state index in [1.807, 2.05) is 6.92 Å². The lowest BCUT2D eigenvalue weighted by Gasteiger charge is -2.15. The van der Waals surface area contributed by atoms with E-state index in [9.17, 15) is 4.79 Å². The van der Waals surface area contributed by atoms with E-state index in [2.05, 4.69) is 5.32 Å². The molecule has 0 aromatic rings. The van der Waals surface area contributed by atoms with Gasteiger partial charge in [-0.15, -0.1) is 0 Å². The van der Waals surface area contributed by atoms with Gasteiger partial charge in [0.05, 0.1) is 18.8 Å². The Bertz CT molecular complexity index is 193. The summed E-state index contributed by atoms with van der Waals surface area (Å²) in [5, 5.41) is 3.02. The van der Waals surface area contributed by atoms with Gasteiger partial charge in [-0.1, -0.05) is 6.92 Å². The Kier molecular flexibility index (Phi) is 5.60. The average Bonchev–Trinajstić information content (AvgIpc) is 2.69. The summed E-state index contributed by atoms with van der Waals surface area (Å²) in [5.74, 6) is -0.317. The minimum absolute atomic E-state index is 0.195. The number of carbonyl (C=O) groups is 1. The fourth-order valence-corrected chi connectivity index (χ4v) is 1.59. The average molecular weight is 216 g/mol. The maximum Gasteiger partial charge on any atom is 0.234 e. The Morgan fingerprint density at radius 2 is 2.53 bits per heavy atom. The Hall–Kier alpha value is -0.650. The standard InChI is InChI=1S/C10H20N2O3/c1-2-12-9(10(11)13)4-6-15-8-3-5-14-7-8/h8-9,12H,2-7H2,1H3,(H2,11,13). The predicted molar refractivity (Wildman–Crippen MR) is 56.5 cm³/mol. The highest BCUT2D eigenvalue weighted by molar-refractivity contribution is 5.79. The second-order valence-corrected chi connectivity index (χ2v) is 3.66. The molecule has 88 valence electrons. The first-order valence-electron chi connectivity index (χ1n) is 5.46. The van der Waals surface area contributed by atoms with Gasteiger partial charge in [0.15, 0.2) is 0 Å². The fraction of sp³-hybridized carbons (Fsp3) is 0.900. The topological polar surface area (TPSA) is 73.6 Å². The van der Waals surface area contributed by atoms with E-state index >= 15 is 0 Å². The van der Waals surface area contributed by atoms with Crippen molar-refractivity contribution >= 4 is 5.91 Å². The number of likely N-dealkylation sites (N-methyl/N-ethyl adjacent to an activating group) is 1. The molecule has 1 rings (SSSR count). The van der Waals surface area contributed by atoms with Gasteiger partial charge in [0.1, 0.15) is 0 Å². The van der Waals surface area contributed by atoms with E-state index in [0.717, 1.165) is 19.6 Å². The van der Waals surface area contributed by atoms with Gasteiger partial charge in [-0.2, -0.15) is 0 Å². The van der Waals surface area contributed by atoms with Gasteiger partial charge in [-0.3, -0.25) is 4.79 Å². The highest BCUT2D eigenvalue weighted by Gasteiger charge is 2.18. The molecule has 1 aliphatic rings. The van der Waals surface area contributed by atoms with Crippen LogP contribution in [0.15, 0.2) is 0 Å². The van der Waals surface area contributed by atoms with Crippen LogP contribution in [0.5, 0.6) is 0 Å². The second-order valence-electron chi connectivity index (χ2n) is 3.66. The minimum Gasteiger partial charge on any atom is -0.379 e. The van der Waals surface area contributed by atoms with Gasteiger partial charge >= 0.3 is 0 Å². The molecule has 0 aromatic heterocycles. The number of rotatable bonds is 7. The quantitative estimate of drug-likeness (QED) is 0.610. The van der Waals surface area contributed by atoms with Crippen LogP contribution in [0.4, 0.5) is 0 Å². The number of hydrogen-bond acceptors (Lipinski definition) is 4. The van der Waals surface area contributed by atoms with Crippen molar-refractivity contribution in [2.75, 3.05) is 26.4 Å². The number of carbonyl (C=O) groups excluding carboxylic acids is 1. The molecule has 2 atom stereocenters. The normalized spacial score (nSPS) is 22.9. The summed E-state index contributed by atoms with van der Waals surface area (Å²) in [5.41, 5.74) is 5.24. The van der Waals surface area contributed by atoms with Crippen molar-refractivity contribution in [3.05, 3.63) is 0 Å². The van der Waals surface area contributed by atoms with Gasteiger partial charge in [0.2, 0.25) is 5.91 Å². The Labute approximate surface area is 90.3 Å². The minimum atomic E-state index is -0.317. The molecule has 0 spiro atoms. The van der Waals surface area contributed by atoms with Crippen LogP contribution in [-0.4, -0.2) is 44.4 Å². The molecule has 0 aromatic carbocycles. The van der Waals surface area contributed by atoms with Gasteiger partial charge in [-0.25, -0.2) is 0 Å². The van der Waals surface area contributed by atoms with E-state index in [0.29, 0.717) is 19.6 Å². The largest absolute Gasteiger partial charge is 0.379 e. The third-order valence-electron chi connectivity index (χ3n) is 2.44. The summed E-state index contributed by atoms with van der Waals surface area (Å²) in [6, 6.07) is -0.280. The molecule has 0 aliphatic carbocycles. The molecule has 1 amide bonds. The molecular weight excluding hydrogens is 196 g/mol. The molecule has 2 unspecified atom stereocenters. The molecule has 0 saturated carbocycles. The third-order valence-corrected chi connectivity index (χ3v) is 2.44. The van der Waals surface area contributed by atoms with Crippen molar-refractivity contribution in [3.63, 3.8) is 0 Å². The maximum atomic E-state index is 11.0. The summed E-state index contributed by atoms with van der Waals surface area (Å²) in [6.45, 7) is 4.68. The number of primary amides is 1. The van der Waals surface area contributed by atoms with Crippen LogP contribution in [-0.2, 0) is 14.3 Å². The molecule has 1 aliphatic heterocycles. The number of amides is 1. The summed E-state index contributed by atoms with van der Waals surface area (Å²) in [4.78, 5) is 11.0. The van der Waals surface area contributed by atoms with Crippen LogP contribution in [0.1, 0.15) is 19.8 Å². The maximum absolute atomic E-state index is 11.0. The highest BCUT2D eigenvalue weighted by Crippen LogP contribution is 2.08. The molecule has 5 heteroatoms. The van der Waals surface area contributed by atoms with Crippen molar-refractivity contribution in [3.8, 4) is 0 Å². The van der Waals surface area contributed by atoms with Gasteiger partial charge in [0, 0.05) is 13.2 Å².